The van der Waals surface area contributed by atoms with Gasteiger partial charge < -0.3 is 10.1 Å². The van der Waals surface area contributed by atoms with E-state index in [1.165, 1.54) is 19.2 Å². The number of carbonyl (C=O) groups excluding carboxylic acids is 1. The summed E-state index contributed by atoms with van der Waals surface area (Å²) >= 11 is 0. The van der Waals surface area contributed by atoms with Gasteiger partial charge in [0.2, 0.25) is 0 Å². The predicted molar refractivity (Wildman–Crippen MR) is 71.4 cm³/mol. The summed E-state index contributed by atoms with van der Waals surface area (Å²) in [6, 6.07) is 6.72. The maximum absolute atomic E-state index is 13.5. The lowest BCUT2D eigenvalue weighted by molar-refractivity contribution is 0.0601. The van der Waals surface area contributed by atoms with Crippen LogP contribution in [0.1, 0.15) is 15.9 Å². The lowest BCUT2D eigenvalue weighted by atomic mass is 10.1. The second-order valence-electron chi connectivity index (χ2n) is 4.27. The van der Waals surface area contributed by atoms with Gasteiger partial charge in [0.15, 0.2) is 0 Å². The van der Waals surface area contributed by atoms with E-state index in [0.717, 1.165) is 24.3 Å². The van der Waals surface area contributed by atoms with Crippen molar-refractivity contribution >= 4 is 11.7 Å². The molecule has 0 saturated heterocycles. The zero-order valence-electron chi connectivity index (χ0n) is 11.1. The Bertz CT molecular complexity index is 674. The molecule has 0 unspecified atom stereocenters. The molecule has 0 bridgehead atoms. The first-order valence-electron chi connectivity index (χ1n) is 6.07. The molecule has 0 fully saturated rings. The molecule has 0 amide bonds. The number of hydrogen-bond acceptors (Lipinski definition) is 3. The molecule has 2 aromatic carbocycles. The third-order valence-corrected chi connectivity index (χ3v) is 2.87. The molecule has 3 nitrogen and oxygen atoms in total. The van der Waals surface area contributed by atoms with Crippen molar-refractivity contribution in [1.82, 2.24) is 0 Å². The van der Waals surface area contributed by atoms with Crippen molar-refractivity contribution in [2.75, 3.05) is 12.4 Å². The first kappa shape index (κ1) is 14.9. The minimum Gasteiger partial charge on any atom is -0.465 e. The van der Waals surface area contributed by atoms with Crippen LogP contribution >= 0.6 is 0 Å². The quantitative estimate of drug-likeness (QED) is 0.877. The number of hydrogen-bond donors (Lipinski definition) is 1. The molecule has 110 valence electrons. The summed E-state index contributed by atoms with van der Waals surface area (Å²) in [5, 5.41) is 2.80. The van der Waals surface area contributed by atoms with Crippen molar-refractivity contribution in [3.8, 4) is 0 Å². The van der Waals surface area contributed by atoms with E-state index < -0.39 is 23.4 Å². The summed E-state index contributed by atoms with van der Waals surface area (Å²) < 4.78 is 44.1. The Morgan fingerprint density at radius 2 is 1.76 bits per heavy atom. The number of carbonyl (C=O) groups is 1. The molecule has 0 aliphatic heterocycles. The van der Waals surface area contributed by atoms with Crippen molar-refractivity contribution < 1.29 is 22.7 Å². The maximum Gasteiger partial charge on any atom is 0.340 e. The van der Waals surface area contributed by atoms with Crippen LogP contribution in [0.4, 0.5) is 18.9 Å². The zero-order chi connectivity index (χ0) is 15.4. The van der Waals surface area contributed by atoms with E-state index in [1.807, 2.05) is 0 Å². The van der Waals surface area contributed by atoms with E-state index >= 15 is 0 Å². The van der Waals surface area contributed by atoms with E-state index in [4.69, 9.17) is 0 Å². The number of rotatable bonds is 4. The van der Waals surface area contributed by atoms with E-state index in [2.05, 4.69) is 10.1 Å². The Hall–Kier alpha value is -2.50. The Kier molecular flexibility index (Phi) is 4.47. The molecule has 21 heavy (non-hydrogen) atoms. The SMILES string of the molecule is COC(=O)c1cc(F)ccc1NCc1ccc(F)cc1F. The van der Waals surface area contributed by atoms with E-state index in [9.17, 15) is 18.0 Å². The molecule has 0 aliphatic rings. The van der Waals surface area contributed by atoms with Crippen LogP contribution in [-0.4, -0.2) is 13.1 Å². The van der Waals surface area contributed by atoms with Crippen LogP contribution in [0.15, 0.2) is 36.4 Å². The average Bonchev–Trinajstić information content (AvgIpc) is 2.46. The van der Waals surface area contributed by atoms with Crippen LogP contribution in [0.5, 0.6) is 0 Å². The number of methoxy groups -OCH3 is 1. The fraction of sp³-hybridized carbons (Fsp3) is 0.133. The van der Waals surface area contributed by atoms with Gasteiger partial charge in [0.1, 0.15) is 17.5 Å². The lowest BCUT2D eigenvalue weighted by Crippen LogP contribution is -2.09. The summed E-state index contributed by atoms with van der Waals surface area (Å²) in [5.41, 5.74) is 0.517. The minimum atomic E-state index is -0.712. The molecule has 6 heteroatoms. The van der Waals surface area contributed by atoms with E-state index in [1.54, 1.807) is 0 Å². The van der Waals surface area contributed by atoms with Gasteiger partial charge in [-0.1, -0.05) is 6.07 Å². The molecular weight excluding hydrogens is 283 g/mol. The summed E-state index contributed by atoms with van der Waals surface area (Å²) in [4.78, 5) is 11.6. The number of ether oxygens (including phenoxy) is 1. The second-order valence-corrected chi connectivity index (χ2v) is 4.27. The molecule has 2 aromatic rings. The minimum absolute atomic E-state index is 0.0000184. The molecule has 1 N–H and O–H groups in total. The van der Waals surface area contributed by atoms with Gasteiger partial charge in [-0.2, -0.15) is 0 Å². The number of benzene rings is 2. The van der Waals surface area contributed by atoms with E-state index in [0.29, 0.717) is 5.69 Å². The first-order chi connectivity index (χ1) is 10.0. The highest BCUT2D eigenvalue weighted by Gasteiger charge is 2.13. The third kappa shape index (κ3) is 3.53. The van der Waals surface area contributed by atoms with Crippen LogP contribution in [-0.2, 0) is 11.3 Å². The van der Waals surface area contributed by atoms with E-state index in [-0.39, 0.29) is 17.7 Å². The van der Waals surface area contributed by atoms with Crippen LogP contribution in [0.25, 0.3) is 0 Å². The average molecular weight is 295 g/mol. The van der Waals surface area contributed by atoms with Gasteiger partial charge in [0.05, 0.1) is 12.7 Å². The van der Waals surface area contributed by atoms with Gasteiger partial charge in [-0.25, -0.2) is 18.0 Å². The zero-order valence-corrected chi connectivity index (χ0v) is 11.1. The highest BCUT2D eigenvalue weighted by molar-refractivity contribution is 5.95. The van der Waals surface area contributed by atoms with Crippen molar-refractivity contribution in [3.05, 3.63) is 65.0 Å². The number of nitrogens with one attached hydrogen (secondary N) is 1. The summed E-state index contributed by atoms with van der Waals surface area (Å²) in [5.74, 6) is -2.68. The van der Waals surface area contributed by atoms with Crippen molar-refractivity contribution in [2.24, 2.45) is 0 Å². The molecule has 0 atom stereocenters. The Labute approximate surface area is 119 Å². The van der Waals surface area contributed by atoms with Gasteiger partial charge >= 0.3 is 5.97 Å². The monoisotopic (exact) mass is 295 g/mol. The molecular formula is C15H12F3NO2. The fourth-order valence-electron chi connectivity index (χ4n) is 1.80. The molecule has 2 rings (SSSR count). The van der Waals surface area contributed by atoms with Crippen LogP contribution in [0.2, 0.25) is 0 Å². The van der Waals surface area contributed by atoms with Gasteiger partial charge in [-0.05, 0) is 24.3 Å². The number of halogens is 3. The highest BCUT2D eigenvalue weighted by atomic mass is 19.1. The fourth-order valence-corrected chi connectivity index (χ4v) is 1.80. The summed E-state index contributed by atoms with van der Waals surface area (Å²) in [7, 11) is 1.18. The lowest BCUT2D eigenvalue weighted by Gasteiger charge is -2.11. The Morgan fingerprint density at radius 3 is 2.43 bits per heavy atom. The van der Waals surface area contributed by atoms with Crippen LogP contribution in [0.3, 0.4) is 0 Å². The van der Waals surface area contributed by atoms with Gasteiger partial charge in [-0.3, -0.25) is 0 Å². The Morgan fingerprint density at radius 1 is 1.10 bits per heavy atom. The Balaban J connectivity index is 2.21. The second kappa shape index (κ2) is 6.30. The first-order valence-corrected chi connectivity index (χ1v) is 6.07. The molecule has 0 aliphatic carbocycles. The third-order valence-electron chi connectivity index (χ3n) is 2.87. The van der Waals surface area contributed by atoms with Gasteiger partial charge in [-0.15, -0.1) is 0 Å². The van der Waals surface area contributed by atoms with Crippen molar-refractivity contribution in [2.45, 2.75) is 6.54 Å². The van der Waals surface area contributed by atoms with Gasteiger partial charge in [0.25, 0.3) is 0 Å². The van der Waals surface area contributed by atoms with Crippen molar-refractivity contribution in [1.29, 1.82) is 0 Å². The standard InChI is InChI=1S/C15H12F3NO2/c1-21-15(20)12-6-10(16)4-5-14(12)19-8-9-2-3-11(17)7-13(9)18/h2-7,19H,8H2,1H3. The topological polar surface area (TPSA) is 38.3 Å². The normalized spacial score (nSPS) is 10.3. The van der Waals surface area contributed by atoms with Gasteiger partial charge in [0, 0.05) is 23.9 Å². The smallest absolute Gasteiger partial charge is 0.340 e. The number of anilines is 1. The summed E-state index contributed by atoms with van der Waals surface area (Å²) in [6.07, 6.45) is 0. The molecule has 0 radical (unpaired) electrons. The molecule has 0 spiro atoms. The summed E-state index contributed by atoms with van der Waals surface area (Å²) in [6.45, 7) is 0.0156. The number of esters is 1. The largest absolute Gasteiger partial charge is 0.465 e. The van der Waals surface area contributed by atoms with Crippen LogP contribution < -0.4 is 5.32 Å². The molecule has 0 heterocycles. The molecule has 0 aromatic heterocycles. The van der Waals surface area contributed by atoms with Crippen molar-refractivity contribution in [3.63, 3.8) is 0 Å². The highest BCUT2D eigenvalue weighted by Crippen LogP contribution is 2.20. The maximum atomic E-state index is 13.5. The molecule has 0 saturated carbocycles. The van der Waals surface area contributed by atoms with Crippen LogP contribution in [0, 0.1) is 17.5 Å². The predicted octanol–water partition coefficient (Wildman–Crippen LogP) is 3.50.